The van der Waals surface area contributed by atoms with Crippen molar-refractivity contribution < 1.29 is 33.3 Å². The minimum absolute atomic E-state index is 0.0530. The Morgan fingerprint density at radius 3 is 2.86 bits per heavy atom. The molecule has 4 N–H and O–H groups in total. The molecule has 1 saturated carbocycles. The Kier molecular flexibility index (Phi) is 5.89. The van der Waals surface area contributed by atoms with E-state index in [0.29, 0.717) is 30.9 Å². The molecule has 3 atom stereocenters. The van der Waals surface area contributed by atoms with E-state index in [4.69, 9.17) is 9.84 Å². The molecule has 0 unspecified atom stereocenters. The first kappa shape index (κ1) is 23.2. The number of nitrogens with one attached hydrogen (secondary N) is 2. The lowest BCUT2D eigenvalue weighted by Crippen LogP contribution is -2.48. The van der Waals surface area contributed by atoms with Crippen molar-refractivity contribution in [1.82, 2.24) is 15.3 Å². The van der Waals surface area contributed by atoms with Crippen molar-refractivity contribution in [3.63, 3.8) is 0 Å². The number of aliphatic hydroxyl groups is 2. The van der Waals surface area contributed by atoms with Crippen LogP contribution in [0.3, 0.4) is 0 Å². The van der Waals surface area contributed by atoms with Gasteiger partial charge in [0.25, 0.3) is 11.8 Å². The lowest BCUT2D eigenvalue weighted by molar-refractivity contribution is 0.0536. The molecular weight excluding hydrogens is 466 g/mol. The summed E-state index contributed by atoms with van der Waals surface area (Å²) < 4.78 is 31.8. The van der Waals surface area contributed by atoms with Crippen LogP contribution in [0.2, 0.25) is 0 Å². The van der Waals surface area contributed by atoms with Gasteiger partial charge in [0.15, 0.2) is 5.82 Å². The molecule has 2 aromatic rings. The number of halogens is 2. The Morgan fingerprint density at radius 1 is 1.31 bits per heavy atom. The molecule has 35 heavy (non-hydrogen) atoms. The molecule has 1 saturated heterocycles. The molecule has 0 radical (unpaired) electrons. The number of urea groups is 1. The maximum absolute atomic E-state index is 13.3. The zero-order valence-electron chi connectivity index (χ0n) is 18.5. The van der Waals surface area contributed by atoms with Crippen molar-refractivity contribution >= 4 is 29.3 Å². The number of pyridine rings is 2. The van der Waals surface area contributed by atoms with Crippen LogP contribution >= 0.6 is 0 Å². The Labute approximate surface area is 198 Å². The minimum atomic E-state index is -2.90. The number of hydrogen-bond acceptors (Lipinski definition) is 8. The van der Waals surface area contributed by atoms with E-state index in [0.717, 1.165) is 0 Å². The first-order valence-corrected chi connectivity index (χ1v) is 11.2. The quantitative estimate of drug-likeness (QED) is 0.450. The molecule has 2 aromatic heterocycles. The summed E-state index contributed by atoms with van der Waals surface area (Å²) >= 11 is 0. The first-order valence-electron chi connectivity index (χ1n) is 11.2. The number of alkyl halides is 2. The zero-order chi connectivity index (χ0) is 24.7. The molecule has 2 bridgehead atoms. The number of amides is 3. The Morgan fingerprint density at radius 2 is 2.11 bits per heavy atom. The molecule has 4 heterocycles. The first-order chi connectivity index (χ1) is 16.7. The second-order valence-electron chi connectivity index (χ2n) is 8.74. The number of anilines is 3. The van der Waals surface area contributed by atoms with Gasteiger partial charge in [-0.1, -0.05) is 0 Å². The van der Waals surface area contributed by atoms with E-state index in [9.17, 15) is 23.5 Å². The van der Waals surface area contributed by atoms with Gasteiger partial charge in [0.2, 0.25) is 0 Å². The molecule has 5 rings (SSSR count). The van der Waals surface area contributed by atoms with Gasteiger partial charge in [-0.15, -0.1) is 0 Å². The number of ether oxygens (including phenoxy) is 1. The number of aromatic nitrogens is 2. The van der Waals surface area contributed by atoms with Crippen LogP contribution in [0.1, 0.15) is 23.3 Å². The number of aliphatic hydroxyl groups excluding tert-OH is 2. The van der Waals surface area contributed by atoms with Gasteiger partial charge < -0.3 is 25.2 Å². The van der Waals surface area contributed by atoms with E-state index in [1.807, 2.05) is 0 Å². The topological polar surface area (TPSA) is 140 Å². The minimum Gasteiger partial charge on any atom is -0.491 e. The Bertz CT molecular complexity index is 1150. The maximum atomic E-state index is 13.3. The summed E-state index contributed by atoms with van der Waals surface area (Å²) in [5.41, 5.74) is 0.618. The molecule has 13 heteroatoms. The van der Waals surface area contributed by atoms with Crippen LogP contribution < -0.4 is 25.2 Å². The number of fused-ring (bicyclic) bond motifs is 4. The molecule has 1 aliphatic carbocycles. The number of rotatable bonds is 7. The number of carbonyl (C=O) groups is 2. The third-order valence-corrected chi connectivity index (χ3v) is 6.15. The monoisotopic (exact) mass is 490 g/mol. The molecule has 0 aromatic carbocycles. The molecule has 2 aliphatic heterocycles. The van der Waals surface area contributed by atoms with Crippen LogP contribution in [0, 0.1) is 0 Å². The fourth-order valence-corrected chi connectivity index (χ4v) is 4.18. The second kappa shape index (κ2) is 8.89. The van der Waals surface area contributed by atoms with Crippen LogP contribution in [0.5, 0.6) is 5.75 Å². The summed E-state index contributed by atoms with van der Waals surface area (Å²) in [5.74, 6) is -2.83. The van der Waals surface area contributed by atoms with Gasteiger partial charge in [-0.3, -0.25) is 15.0 Å². The average Bonchev–Trinajstić information content (AvgIpc) is 3.23. The summed E-state index contributed by atoms with van der Waals surface area (Å²) in [5, 5.41) is 23.3. The molecular formula is C22H24F2N6O5. The van der Waals surface area contributed by atoms with Gasteiger partial charge in [-0.25, -0.2) is 23.5 Å². The van der Waals surface area contributed by atoms with Crippen molar-refractivity contribution in [2.45, 2.75) is 37.0 Å². The highest BCUT2D eigenvalue weighted by Crippen LogP contribution is 2.42. The van der Waals surface area contributed by atoms with Crippen LogP contribution in [-0.4, -0.2) is 82.5 Å². The number of hydrogen-bond donors (Lipinski definition) is 4. The van der Waals surface area contributed by atoms with Gasteiger partial charge in [-0.2, -0.15) is 0 Å². The van der Waals surface area contributed by atoms with Crippen molar-refractivity contribution in [1.29, 1.82) is 0 Å². The SMILES string of the molecule is O=C(N[C@@H]1CC1(F)F)c1ccc2c(n1)N(C(=O)Nc1cc(OC[C@H](O)CO)ccn1)[C@H]1CCN2C1. The molecule has 2 fully saturated rings. The van der Waals surface area contributed by atoms with Crippen LogP contribution in [0.25, 0.3) is 0 Å². The van der Waals surface area contributed by atoms with Crippen molar-refractivity contribution in [2.75, 3.05) is 41.4 Å². The standard InChI is InChI=1S/C22H24F2N6O5/c23-22(24)8-17(22)27-20(33)15-1-2-16-19(26-15)30(12-4-6-29(16)9-12)21(34)28-18-7-14(3-5-25-18)35-11-13(32)10-31/h1-3,5,7,12-13,17,31-32H,4,6,8-11H2,(H,27,33)(H,25,28,34)/t12-,13+,17+/m0/s1. The summed E-state index contributed by atoms with van der Waals surface area (Å²) in [6, 6.07) is 4.24. The van der Waals surface area contributed by atoms with E-state index in [-0.39, 0.29) is 30.0 Å². The van der Waals surface area contributed by atoms with Gasteiger partial charge in [0.1, 0.15) is 30.0 Å². The van der Waals surface area contributed by atoms with Gasteiger partial charge in [0, 0.05) is 31.8 Å². The third-order valence-electron chi connectivity index (χ3n) is 6.15. The highest BCUT2D eigenvalue weighted by Gasteiger charge is 2.58. The molecule has 3 aliphatic rings. The predicted octanol–water partition coefficient (Wildman–Crippen LogP) is 0.977. The lowest BCUT2D eigenvalue weighted by atomic mass is 10.1. The van der Waals surface area contributed by atoms with Gasteiger partial charge in [-0.05, 0) is 24.6 Å². The van der Waals surface area contributed by atoms with Crippen molar-refractivity contribution in [3.05, 3.63) is 36.2 Å². The average molecular weight is 490 g/mol. The van der Waals surface area contributed by atoms with E-state index in [2.05, 4.69) is 25.5 Å². The van der Waals surface area contributed by atoms with Crippen molar-refractivity contribution in [2.24, 2.45) is 0 Å². The molecule has 3 amide bonds. The summed E-state index contributed by atoms with van der Waals surface area (Å²) in [7, 11) is 0. The van der Waals surface area contributed by atoms with E-state index in [1.54, 1.807) is 12.1 Å². The maximum Gasteiger partial charge on any atom is 0.329 e. The number of nitrogens with zero attached hydrogens (tertiary/aromatic N) is 4. The molecule has 186 valence electrons. The van der Waals surface area contributed by atoms with E-state index in [1.165, 1.54) is 23.2 Å². The summed E-state index contributed by atoms with van der Waals surface area (Å²) in [4.78, 5) is 37.8. The molecule has 0 spiro atoms. The highest BCUT2D eigenvalue weighted by atomic mass is 19.3. The fraction of sp³-hybridized carbons (Fsp3) is 0.455. The predicted molar refractivity (Wildman–Crippen MR) is 120 cm³/mol. The summed E-state index contributed by atoms with van der Waals surface area (Å²) in [6.45, 7) is 0.722. The third kappa shape index (κ3) is 4.68. The van der Waals surface area contributed by atoms with Gasteiger partial charge in [0.05, 0.1) is 24.4 Å². The van der Waals surface area contributed by atoms with Crippen molar-refractivity contribution in [3.8, 4) is 5.75 Å². The van der Waals surface area contributed by atoms with Gasteiger partial charge >= 0.3 is 6.03 Å². The van der Waals surface area contributed by atoms with Crippen LogP contribution in [0.4, 0.5) is 30.9 Å². The second-order valence-corrected chi connectivity index (χ2v) is 8.74. The number of carbonyl (C=O) groups excluding carboxylic acids is 2. The van der Waals surface area contributed by atoms with E-state index >= 15 is 0 Å². The Balaban J connectivity index is 1.35. The Hall–Kier alpha value is -3.58. The largest absolute Gasteiger partial charge is 0.491 e. The smallest absolute Gasteiger partial charge is 0.329 e. The fourth-order valence-electron chi connectivity index (χ4n) is 4.18. The van der Waals surface area contributed by atoms with E-state index < -0.39 is 43.0 Å². The summed E-state index contributed by atoms with van der Waals surface area (Å²) in [6.07, 6.45) is 0.671. The van der Waals surface area contributed by atoms with Crippen LogP contribution in [-0.2, 0) is 0 Å². The normalized spacial score (nSPS) is 22.3. The molecule has 11 nitrogen and oxygen atoms in total. The highest BCUT2D eigenvalue weighted by molar-refractivity contribution is 6.05. The zero-order valence-corrected chi connectivity index (χ0v) is 18.5. The lowest BCUT2D eigenvalue weighted by Gasteiger charge is -2.35. The van der Waals surface area contributed by atoms with Crippen LogP contribution in [0.15, 0.2) is 30.5 Å².